The lowest BCUT2D eigenvalue weighted by atomic mass is 10.2. The Morgan fingerprint density at radius 3 is 2.43 bits per heavy atom. The van der Waals surface area contributed by atoms with E-state index in [2.05, 4.69) is 4.72 Å². The summed E-state index contributed by atoms with van der Waals surface area (Å²) in [7, 11) is -4.28. The first-order chi connectivity index (χ1) is 9.52. The maximum absolute atomic E-state index is 13.9. The normalized spacial score (nSPS) is 12.4. The van der Waals surface area contributed by atoms with Crippen LogP contribution in [0.3, 0.4) is 0 Å². The van der Waals surface area contributed by atoms with Gasteiger partial charge in [-0.15, -0.1) is 0 Å². The molecule has 0 atom stereocenters. The fourth-order valence-corrected chi connectivity index (χ4v) is 2.96. The maximum atomic E-state index is 13.9. The van der Waals surface area contributed by atoms with Gasteiger partial charge in [0.2, 0.25) is 10.0 Å². The van der Waals surface area contributed by atoms with Gasteiger partial charge in [-0.3, -0.25) is 0 Å². The predicted octanol–water partition coefficient (Wildman–Crippen LogP) is 2.08. The molecule has 0 unspecified atom stereocenters. The van der Waals surface area contributed by atoms with Gasteiger partial charge in [-0.25, -0.2) is 26.7 Å². The van der Waals surface area contributed by atoms with Gasteiger partial charge in [0, 0.05) is 11.3 Å². The number of hydrogen-bond acceptors (Lipinski definition) is 4. The molecule has 0 radical (unpaired) electrons. The van der Waals surface area contributed by atoms with Crippen molar-refractivity contribution in [3.05, 3.63) is 29.3 Å². The van der Waals surface area contributed by atoms with E-state index in [4.69, 9.17) is 5.11 Å². The number of aromatic carboxylic acids is 1. The largest absolute Gasteiger partial charge is 0.477 e. The Bertz CT molecular complexity index is 659. The van der Waals surface area contributed by atoms with Crippen LogP contribution in [-0.2, 0) is 10.0 Å². The Morgan fingerprint density at radius 1 is 1.38 bits per heavy atom. The molecule has 0 saturated heterocycles. The van der Waals surface area contributed by atoms with Gasteiger partial charge in [0.05, 0.1) is 0 Å². The van der Waals surface area contributed by atoms with Gasteiger partial charge in [0.15, 0.2) is 5.82 Å². The van der Waals surface area contributed by atoms with Crippen molar-refractivity contribution in [3.63, 3.8) is 0 Å². The second-order valence-corrected chi connectivity index (χ2v) is 8.08. The van der Waals surface area contributed by atoms with Gasteiger partial charge in [-0.1, -0.05) is 0 Å². The Balaban J connectivity index is 3.22. The van der Waals surface area contributed by atoms with E-state index in [9.17, 15) is 22.0 Å². The Labute approximate surface area is 125 Å². The summed E-state index contributed by atoms with van der Waals surface area (Å²) in [4.78, 5) is 9.90. The molecule has 5 nitrogen and oxygen atoms in total. The number of carboxylic acids is 1. The van der Waals surface area contributed by atoms with E-state index in [-0.39, 0.29) is 6.54 Å². The number of benzene rings is 1. The minimum atomic E-state index is -4.28. The molecule has 0 amide bonds. The minimum Gasteiger partial charge on any atom is -0.477 e. The second-order valence-electron chi connectivity index (χ2n) is 4.83. The molecule has 0 bridgehead atoms. The molecule has 0 aliphatic heterocycles. The molecule has 1 rings (SSSR count). The van der Waals surface area contributed by atoms with Crippen LogP contribution in [0.4, 0.5) is 8.78 Å². The Kier molecular flexibility index (Phi) is 5.35. The number of hydrogen-bond donors (Lipinski definition) is 2. The number of rotatable bonds is 6. The lowest BCUT2D eigenvalue weighted by Crippen LogP contribution is -2.36. The summed E-state index contributed by atoms with van der Waals surface area (Å²) >= 11 is 1.40. The van der Waals surface area contributed by atoms with Crippen molar-refractivity contribution in [2.45, 2.75) is 23.5 Å². The van der Waals surface area contributed by atoms with Crippen LogP contribution in [0.1, 0.15) is 24.2 Å². The number of carbonyl (C=O) groups is 1. The molecular formula is C12H15F2NO4S2. The first-order valence-electron chi connectivity index (χ1n) is 5.78. The molecular weight excluding hydrogens is 324 g/mol. The highest BCUT2D eigenvalue weighted by Crippen LogP contribution is 2.23. The Morgan fingerprint density at radius 2 is 1.95 bits per heavy atom. The number of thioether (sulfide) groups is 1. The van der Waals surface area contributed by atoms with E-state index >= 15 is 0 Å². The van der Waals surface area contributed by atoms with Crippen molar-refractivity contribution in [2.24, 2.45) is 0 Å². The SMILES string of the molecule is CSC(C)(C)CNS(=O)(=O)c1ccc(F)c(C(=O)O)c1F. The molecule has 0 aliphatic rings. The molecule has 0 aromatic heterocycles. The maximum Gasteiger partial charge on any atom is 0.341 e. The third-order valence-electron chi connectivity index (χ3n) is 2.80. The highest BCUT2D eigenvalue weighted by molar-refractivity contribution is 8.00. The highest BCUT2D eigenvalue weighted by atomic mass is 32.2. The second kappa shape index (κ2) is 6.29. The van der Waals surface area contributed by atoms with Crippen molar-refractivity contribution in [1.82, 2.24) is 4.72 Å². The van der Waals surface area contributed by atoms with Gasteiger partial charge in [0.1, 0.15) is 16.3 Å². The summed E-state index contributed by atoms with van der Waals surface area (Å²) in [6, 6.07) is 1.31. The van der Waals surface area contributed by atoms with Crippen LogP contribution < -0.4 is 4.72 Å². The van der Waals surface area contributed by atoms with Crippen molar-refractivity contribution in [2.75, 3.05) is 12.8 Å². The van der Waals surface area contributed by atoms with E-state index in [0.717, 1.165) is 0 Å². The van der Waals surface area contributed by atoms with E-state index in [0.29, 0.717) is 12.1 Å². The molecule has 0 heterocycles. The van der Waals surface area contributed by atoms with Crippen LogP contribution in [0, 0.1) is 11.6 Å². The highest BCUT2D eigenvalue weighted by Gasteiger charge is 2.28. The van der Waals surface area contributed by atoms with E-state index in [1.807, 2.05) is 0 Å². The lowest BCUT2D eigenvalue weighted by molar-refractivity contribution is 0.0685. The summed E-state index contributed by atoms with van der Waals surface area (Å²) in [5.74, 6) is -4.81. The van der Waals surface area contributed by atoms with Crippen molar-refractivity contribution in [3.8, 4) is 0 Å². The molecule has 0 aliphatic carbocycles. The number of sulfonamides is 1. The molecule has 0 saturated carbocycles. The number of carboxylic acid groups (broad SMARTS) is 1. The standard InChI is InChI=1S/C12H15F2NO4S2/c1-12(2,20-3)6-15-21(18,19)8-5-4-7(13)9(10(8)14)11(16)17/h4-5,15H,6H2,1-3H3,(H,16,17). The monoisotopic (exact) mass is 339 g/mol. The zero-order valence-electron chi connectivity index (χ0n) is 11.6. The van der Waals surface area contributed by atoms with Gasteiger partial charge in [-0.2, -0.15) is 11.8 Å². The van der Waals surface area contributed by atoms with Crippen LogP contribution >= 0.6 is 11.8 Å². The molecule has 1 aromatic carbocycles. The minimum absolute atomic E-state index is 0.00964. The van der Waals surface area contributed by atoms with Crippen LogP contribution in [0.5, 0.6) is 0 Å². The van der Waals surface area contributed by atoms with Crippen molar-refractivity contribution in [1.29, 1.82) is 0 Å². The molecule has 9 heteroatoms. The molecule has 118 valence electrons. The number of nitrogens with one attached hydrogen (secondary N) is 1. The van der Waals surface area contributed by atoms with Gasteiger partial charge >= 0.3 is 5.97 Å². The van der Waals surface area contributed by atoms with Gasteiger partial charge in [-0.05, 0) is 32.2 Å². The van der Waals surface area contributed by atoms with Crippen LogP contribution in [0.2, 0.25) is 0 Å². The lowest BCUT2D eigenvalue weighted by Gasteiger charge is -2.22. The summed E-state index contributed by atoms with van der Waals surface area (Å²) < 4.78 is 53.0. The van der Waals surface area contributed by atoms with Crippen LogP contribution in [-0.4, -0.2) is 37.0 Å². The topological polar surface area (TPSA) is 83.5 Å². The van der Waals surface area contributed by atoms with Gasteiger partial charge < -0.3 is 5.11 Å². The first-order valence-corrected chi connectivity index (χ1v) is 8.49. The average molecular weight is 339 g/mol. The average Bonchev–Trinajstić information content (AvgIpc) is 2.36. The first kappa shape index (κ1) is 17.9. The molecule has 0 fully saturated rings. The molecule has 2 N–H and O–H groups in total. The predicted molar refractivity (Wildman–Crippen MR) is 76.1 cm³/mol. The van der Waals surface area contributed by atoms with Crippen molar-refractivity contribution >= 4 is 27.8 Å². The summed E-state index contributed by atoms with van der Waals surface area (Å²) in [6.45, 7) is 3.57. The van der Waals surface area contributed by atoms with E-state index < -0.39 is 42.8 Å². The quantitative estimate of drug-likeness (QED) is 0.829. The van der Waals surface area contributed by atoms with E-state index in [1.54, 1.807) is 20.1 Å². The molecule has 0 spiro atoms. The molecule has 21 heavy (non-hydrogen) atoms. The van der Waals surface area contributed by atoms with Crippen molar-refractivity contribution < 1.29 is 27.1 Å². The summed E-state index contributed by atoms with van der Waals surface area (Å²) in [5, 5.41) is 8.74. The Hall–Kier alpha value is -1.19. The summed E-state index contributed by atoms with van der Waals surface area (Å²) in [6.07, 6.45) is 1.79. The third-order valence-corrected chi connectivity index (χ3v) is 5.47. The molecule has 1 aromatic rings. The van der Waals surface area contributed by atoms with E-state index in [1.165, 1.54) is 11.8 Å². The summed E-state index contributed by atoms with van der Waals surface area (Å²) in [5.41, 5.74) is -1.29. The fourth-order valence-electron chi connectivity index (χ4n) is 1.36. The van der Waals surface area contributed by atoms with Crippen LogP contribution in [0.15, 0.2) is 17.0 Å². The zero-order valence-corrected chi connectivity index (χ0v) is 13.2. The zero-order chi connectivity index (χ0) is 16.4. The third kappa shape index (κ3) is 4.14. The fraction of sp³-hybridized carbons (Fsp3) is 0.417. The van der Waals surface area contributed by atoms with Crippen LogP contribution in [0.25, 0.3) is 0 Å². The smallest absolute Gasteiger partial charge is 0.341 e. The van der Waals surface area contributed by atoms with Gasteiger partial charge in [0.25, 0.3) is 0 Å². The number of halogens is 2.